The van der Waals surface area contributed by atoms with Gasteiger partial charge in [-0.2, -0.15) is 0 Å². The Morgan fingerprint density at radius 3 is 2.35 bits per heavy atom. The molecule has 0 atom stereocenters. The Labute approximate surface area is 125 Å². The molecule has 0 radical (unpaired) electrons. The lowest BCUT2D eigenvalue weighted by molar-refractivity contribution is 0.102. The SMILES string of the molecule is Cc1cc(Br)cc(C)c1NC(=O)c1ccc(F)cc1N. The molecule has 104 valence electrons. The number of carbonyl (C=O) groups is 1. The Balaban J connectivity index is 2.33. The number of amides is 1. The first-order valence-electron chi connectivity index (χ1n) is 6.01. The molecule has 0 aliphatic carbocycles. The van der Waals surface area contributed by atoms with Gasteiger partial charge in [0.1, 0.15) is 5.82 Å². The van der Waals surface area contributed by atoms with Crippen LogP contribution in [0.15, 0.2) is 34.8 Å². The fourth-order valence-electron chi connectivity index (χ4n) is 2.03. The third-order valence-corrected chi connectivity index (χ3v) is 3.45. The zero-order valence-corrected chi connectivity index (χ0v) is 12.7. The average Bonchev–Trinajstić information content (AvgIpc) is 2.33. The van der Waals surface area contributed by atoms with Crippen molar-refractivity contribution in [2.24, 2.45) is 0 Å². The second kappa shape index (κ2) is 5.63. The maximum atomic E-state index is 13.0. The monoisotopic (exact) mass is 336 g/mol. The highest BCUT2D eigenvalue weighted by Gasteiger charge is 2.13. The minimum atomic E-state index is -0.463. The van der Waals surface area contributed by atoms with Gasteiger partial charge in [0.05, 0.1) is 5.56 Å². The Hall–Kier alpha value is -1.88. The molecule has 3 N–H and O–H groups in total. The third kappa shape index (κ3) is 2.99. The first kappa shape index (κ1) is 14.5. The number of hydrogen-bond acceptors (Lipinski definition) is 2. The number of nitrogens with one attached hydrogen (secondary N) is 1. The number of rotatable bonds is 2. The van der Waals surface area contributed by atoms with Gasteiger partial charge in [0.15, 0.2) is 0 Å². The highest BCUT2D eigenvalue weighted by Crippen LogP contribution is 2.26. The van der Waals surface area contributed by atoms with Crippen LogP contribution in [0.3, 0.4) is 0 Å². The molecule has 2 aromatic rings. The van der Waals surface area contributed by atoms with Crippen LogP contribution in [0.1, 0.15) is 21.5 Å². The summed E-state index contributed by atoms with van der Waals surface area (Å²) in [5.41, 5.74) is 8.66. The number of benzene rings is 2. The van der Waals surface area contributed by atoms with Crippen molar-refractivity contribution < 1.29 is 9.18 Å². The molecule has 2 aromatic carbocycles. The number of carbonyl (C=O) groups excluding carboxylic acids is 1. The van der Waals surface area contributed by atoms with Crippen molar-refractivity contribution in [1.29, 1.82) is 0 Å². The molecular weight excluding hydrogens is 323 g/mol. The normalized spacial score (nSPS) is 10.4. The second-order valence-corrected chi connectivity index (χ2v) is 5.52. The number of hydrogen-bond donors (Lipinski definition) is 2. The molecule has 0 bridgehead atoms. The van der Waals surface area contributed by atoms with Crippen molar-refractivity contribution >= 4 is 33.2 Å². The number of anilines is 2. The molecule has 0 heterocycles. The van der Waals surface area contributed by atoms with Gasteiger partial charge in [-0.1, -0.05) is 15.9 Å². The molecule has 5 heteroatoms. The van der Waals surface area contributed by atoms with E-state index in [2.05, 4.69) is 21.2 Å². The molecule has 3 nitrogen and oxygen atoms in total. The summed E-state index contributed by atoms with van der Waals surface area (Å²) >= 11 is 3.40. The van der Waals surface area contributed by atoms with Crippen LogP contribution in [-0.4, -0.2) is 5.91 Å². The number of nitrogen functional groups attached to an aromatic ring is 1. The van der Waals surface area contributed by atoms with E-state index in [1.54, 1.807) is 0 Å². The fourth-order valence-corrected chi connectivity index (χ4v) is 2.72. The van der Waals surface area contributed by atoms with Crippen LogP contribution in [0.4, 0.5) is 15.8 Å². The van der Waals surface area contributed by atoms with Gasteiger partial charge < -0.3 is 11.1 Å². The maximum Gasteiger partial charge on any atom is 0.257 e. The fraction of sp³-hybridized carbons (Fsp3) is 0.133. The van der Waals surface area contributed by atoms with E-state index in [1.165, 1.54) is 12.1 Å². The van der Waals surface area contributed by atoms with Gasteiger partial charge in [-0.15, -0.1) is 0 Å². The molecule has 0 saturated carbocycles. The summed E-state index contributed by atoms with van der Waals surface area (Å²) in [6.45, 7) is 3.81. The van der Waals surface area contributed by atoms with Gasteiger partial charge in [-0.25, -0.2) is 4.39 Å². The predicted molar refractivity (Wildman–Crippen MR) is 82.4 cm³/mol. The Bertz CT molecular complexity index is 663. The quantitative estimate of drug-likeness (QED) is 0.813. The summed E-state index contributed by atoms with van der Waals surface area (Å²) < 4.78 is 13.9. The van der Waals surface area contributed by atoms with Crippen LogP contribution in [-0.2, 0) is 0 Å². The molecule has 2 rings (SSSR count). The summed E-state index contributed by atoms with van der Waals surface area (Å²) in [5, 5.41) is 2.82. The van der Waals surface area contributed by atoms with Gasteiger partial charge in [-0.05, 0) is 55.3 Å². The van der Waals surface area contributed by atoms with Crippen LogP contribution in [0.25, 0.3) is 0 Å². The van der Waals surface area contributed by atoms with E-state index in [9.17, 15) is 9.18 Å². The second-order valence-electron chi connectivity index (χ2n) is 4.60. The lowest BCUT2D eigenvalue weighted by Crippen LogP contribution is -2.15. The van der Waals surface area contributed by atoms with E-state index in [0.29, 0.717) is 0 Å². The lowest BCUT2D eigenvalue weighted by Gasteiger charge is -2.13. The number of nitrogens with two attached hydrogens (primary N) is 1. The highest BCUT2D eigenvalue weighted by molar-refractivity contribution is 9.10. The summed E-state index contributed by atoms with van der Waals surface area (Å²) in [4.78, 5) is 12.2. The van der Waals surface area contributed by atoms with E-state index in [-0.39, 0.29) is 17.2 Å². The highest BCUT2D eigenvalue weighted by atomic mass is 79.9. The van der Waals surface area contributed by atoms with Gasteiger partial charge in [-0.3, -0.25) is 4.79 Å². The third-order valence-electron chi connectivity index (χ3n) is 2.99. The van der Waals surface area contributed by atoms with E-state index in [1.807, 2.05) is 26.0 Å². The van der Waals surface area contributed by atoms with E-state index >= 15 is 0 Å². The molecular formula is C15H14BrFN2O. The summed E-state index contributed by atoms with van der Waals surface area (Å²) in [6.07, 6.45) is 0. The Kier molecular flexibility index (Phi) is 4.09. The summed E-state index contributed by atoms with van der Waals surface area (Å²) in [6, 6.07) is 7.56. The Morgan fingerprint density at radius 2 is 1.80 bits per heavy atom. The van der Waals surface area contributed by atoms with Crippen molar-refractivity contribution in [2.45, 2.75) is 13.8 Å². The van der Waals surface area contributed by atoms with Crippen LogP contribution < -0.4 is 11.1 Å². The molecule has 0 saturated heterocycles. The first-order chi connectivity index (χ1) is 9.38. The van der Waals surface area contributed by atoms with Crippen molar-refractivity contribution in [1.82, 2.24) is 0 Å². The largest absolute Gasteiger partial charge is 0.398 e. The minimum Gasteiger partial charge on any atom is -0.398 e. The lowest BCUT2D eigenvalue weighted by atomic mass is 10.1. The molecule has 0 aliphatic heterocycles. The molecule has 0 unspecified atom stereocenters. The smallest absolute Gasteiger partial charge is 0.257 e. The predicted octanol–water partition coefficient (Wildman–Crippen LogP) is 4.04. The van der Waals surface area contributed by atoms with Crippen LogP contribution in [0.5, 0.6) is 0 Å². The van der Waals surface area contributed by atoms with Crippen molar-refractivity contribution in [3.05, 3.63) is 57.3 Å². The molecule has 20 heavy (non-hydrogen) atoms. The number of halogens is 2. The van der Waals surface area contributed by atoms with Crippen LogP contribution >= 0.6 is 15.9 Å². The maximum absolute atomic E-state index is 13.0. The molecule has 0 aliphatic rings. The Morgan fingerprint density at radius 1 is 1.20 bits per heavy atom. The van der Waals surface area contributed by atoms with Crippen molar-refractivity contribution in [3.63, 3.8) is 0 Å². The zero-order chi connectivity index (χ0) is 14.9. The van der Waals surface area contributed by atoms with Gasteiger partial charge >= 0.3 is 0 Å². The molecule has 1 amide bonds. The first-order valence-corrected chi connectivity index (χ1v) is 6.81. The summed E-state index contributed by atoms with van der Waals surface area (Å²) in [7, 11) is 0. The van der Waals surface area contributed by atoms with Gasteiger partial charge in [0.25, 0.3) is 5.91 Å². The van der Waals surface area contributed by atoms with Gasteiger partial charge in [0, 0.05) is 15.8 Å². The molecule has 0 fully saturated rings. The average molecular weight is 337 g/mol. The number of aryl methyl sites for hydroxylation is 2. The minimum absolute atomic E-state index is 0.120. The molecule has 0 aromatic heterocycles. The van der Waals surface area contributed by atoms with Crippen LogP contribution in [0, 0.1) is 19.7 Å². The molecule has 0 spiro atoms. The standard InChI is InChI=1S/C15H14BrFN2O/c1-8-5-10(16)6-9(2)14(8)19-15(20)12-4-3-11(17)7-13(12)18/h3-7H,18H2,1-2H3,(H,19,20). The van der Waals surface area contributed by atoms with Gasteiger partial charge in [0.2, 0.25) is 0 Å². The van der Waals surface area contributed by atoms with E-state index in [4.69, 9.17) is 5.73 Å². The van der Waals surface area contributed by atoms with Crippen molar-refractivity contribution in [2.75, 3.05) is 11.1 Å². The van der Waals surface area contributed by atoms with E-state index < -0.39 is 5.82 Å². The zero-order valence-electron chi connectivity index (χ0n) is 11.1. The summed E-state index contributed by atoms with van der Waals surface area (Å²) in [5.74, 6) is -0.814. The van der Waals surface area contributed by atoms with Crippen molar-refractivity contribution in [3.8, 4) is 0 Å². The van der Waals surface area contributed by atoms with Crippen LogP contribution in [0.2, 0.25) is 0 Å². The van der Waals surface area contributed by atoms with E-state index in [0.717, 1.165) is 27.4 Å². The topological polar surface area (TPSA) is 55.1 Å².